The van der Waals surface area contributed by atoms with Crippen LogP contribution in [0.5, 0.6) is 0 Å². The van der Waals surface area contributed by atoms with Gasteiger partial charge in [0.2, 0.25) is 0 Å². The van der Waals surface area contributed by atoms with Crippen molar-refractivity contribution >= 4 is 17.6 Å². The summed E-state index contributed by atoms with van der Waals surface area (Å²) in [6, 6.07) is 23.9. The maximum absolute atomic E-state index is 12.9. The fraction of sp³-hybridized carbons (Fsp3) is 0.160. The van der Waals surface area contributed by atoms with Crippen LogP contribution in [-0.2, 0) is 16.0 Å². The van der Waals surface area contributed by atoms with Gasteiger partial charge in [-0.25, -0.2) is 4.79 Å². The quantitative estimate of drug-likeness (QED) is 0.615. The number of rotatable bonds is 4. The second kappa shape index (κ2) is 8.22. The first kappa shape index (κ1) is 19.4. The number of carbonyl (C=O) groups is 2. The van der Waals surface area contributed by atoms with E-state index < -0.39 is 12.1 Å². The number of amides is 1. The molecule has 1 aliphatic rings. The van der Waals surface area contributed by atoms with Crippen LogP contribution in [0.1, 0.15) is 28.4 Å². The van der Waals surface area contributed by atoms with Gasteiger partial charge in [-0.2, -0.15) is 5.26 Å². The summed E-state index contributed by atoms with van der Waals surface area (Å²) in [7, 11) is 0. The smallest absolute Gasteiger partial charge is 0.339 e. The average molecular weight is 396 g/mol. The lowest BCUT2D eigenvalue weighted by Gasteiger charge is -2.22. The number of fused-ring (bicyclic) bond motifs is 1. The van der Waals surface area contributed by atoms with Gasteiger partial charge in [-0.15, -0.1) is 0 Å². The average Bonchev–Trinajstić information content (AvgIpc) is 3.22. The second-order valence-corrected chi connectivity index (χ2v) is 7.12. The molecule has 0 aromatic heterocycles. The van der Waals surface area contributed by atoms with Crippen LogP contribution in [0.4, 0.5) is 5.69 Å². The first-order valence-electron chi connectivity index (χ1n) is 9.79. The third-order valence-corrected chi connectivity index (χ3v) is 5.27. The minimum atomic E-state index is -0.928. The van der Waals surface area contributed by atoms with Gasteiger partial charge in [0.05, 0.1) is 17.2 Å². The molecular formula is C25H20N2O3. The van der Waals surface area contributed by atoms with E-state index in [1.54, 1.807) is 54.3 Å². The molecule has 0 radical (unpaired) electrons. The summed E-state index contributed by atoms with van der Waals surface area (Å²) in [6.07, 6.45) is -0.140. The number of hydrogen-bond donors (Lipinski definition) is 0. The highest BCUT2D eigenvalue weighted by atomic mass is 16.5. The lowest BCUT2D eigenvalue weighted by Crippen LogP contribution is -2.39. The van der Waals surface area contributed by atoms with E-state index in [0.29, 0.717) is 28.8 Å². The van der Waals surface area contributed by atoms with Gasteiger partial charge in [-0.3, -0.25) is 4.79 Å². The molecule has 3 aromatic rings. The Morgan fingerprint density at radius 3 is 2.43 bits per heavy atom. The van der Waals surface area contributed by atoms with Crippen molar-refractivity contribution in [3.63, 3.8) is 0 Å². The molecule has 1 aliphatic heterocycles. The number of nitriles is 1. The van der Waals surface area contributed by atoms with Gasteiger partial charge in [0.25, 0.3) is 5.91 Å². The Morgan fingerprint density at radius 2 is 1.63 bits per heavy atom. The molecule has 30 heavy (non-hydrogen) atoms. The first-order valence-corrected chi connectivity index (χ1v) is 9.79. The maximum Gasteiger partial charge on any atom is 0.339 e. The molecule has 0 saturated carbocycles. The van der Waals surface area contributed by atoms with Crippen molar-refractivity contribution in [2.24, 2.45) is 0 Å². The van der Waals surface area contributed by atoms with Crippen molar-refractivity contribution in [2.75, 3.05) is 11.4 Å². The predicted octanol–water partition coefficient (Wildman–Crippen LogP) is 4.36. The fourth-order valence-electron chi connectivity index (χ4n) is 3.77. The molecule has 1 heterocycles. The van der Waals surface area contributed by atoms with E-state index >= 15 is 0 Å². The molecule has 5 nitrogen and oxygen atoms in total. The van der Waals surface area contributed by atoms with E-state index in [0.717, 1.165) is 17.7 Å². The monoisotopic (exact) mass is 396 g/mol. The number of esters is 1. The van der Waals surface area contributed by atoms with Crippen LogP contribution in [0.2, 0.25) is 0 Å². The number of ether oxygens (including phenoxy) is 1. The van der Waals surface area contributed by atoms with Gasteiger partial charge in [0, 0.05) is 17.8 Å². The van der Waals surface area contributed by atoms with Crippen molar-refractivity contribution in [3.05, 3.63) is 89.5 Å². The SMILES string of the molecule is C[C@H](OC(=O)c1ccccc1-c1ccccc1C#N)C(=O)N1CCc2ccccc21. The Balaban J connectivity index is 1.57. The van der Waals surface area contributed by atoms with Crippen LogP contribution in [0, 0.1) is 11.3 Å². The molecule has 0 N–H and O–H groups in total. The number of carbonyl (C=O) groups excluding carboxylic acids is 2. The zero-order chi connectivity index (χ0) is 21.1. The highest BCUT2D eigenvalue weighted by Gasteiger charge is 2.30. The minimum Gasteiger partial charge on any atom is -0.449 e. The Hall–Kier alpha value is -3.91. The fourth-order valence-corrected chi connectivity index (χ4v) is 3.77. The van der Waals surface area contributed by atoms with E-state index in [4.69, 9.17) is 4.74 Å². The van der Waals surface area contributed by atoms with Crippen molar-refractivity contribution in [2.45, 2.75) is 19.4 Å². The highest BCUT2D eigenvalue weighted by Crippen LogP contribution is 2.30. The summed E-state index contributed by atoms with van der Waals surface area (Å²) < 4.78 is 5.55. The number of hydrogen-bond acceptors (Lipinski definition) is 4. The van der Waals surface area contributed by atoms with Crippen LogP contribution in [-0.4, -0.2) is 24.5 Å². The third kappa shape index (κ3) is 3.56. The standard InChI is InChI=1S/C25H20N2O3/c1-17(24(28)27-15-14-18-8-3-7-13-23(18)27)30-25(29)22-12-6-5-11-21(22)20-10-4-2-9-19(20)16-26/h2-13,17H,14-15H2,1H3/t17-/m0/s1. The Labute approximate surface area is 175 Å². The minimum absolute atomic E-state index is 0.247. The van der Waals surface area contributed by atoms with Gasteiger partial charge < -0.3 is 9.64 Å². The number of nitrogens with zero attached hydrogens (tertiary/aromatic N) is 2. The van der Waals surface area contributed by atoms with Crippen LogP contribution in [0.3, 0.4) is 0 Å². The second-order valence-electron chi connectivity index (χ2n) is 7.12. The molecule has 0 spiro atoms. The maximum atomic E-state index is 12.9. The molecule has 0 saturated heterocycles. The number of para-hydroxylation sites is 1. The molecule has 0 aliphatic carbocycles. The van der Waals surface area contributed by atoms with Gasteiger partial charge in [-0.1, -0.05) is 54.6 Å². The molecule has 0 bridgehead atoms. The Morgan fingerprint density at radius 1 is 0.967 bits per heavy atom. The predicted molar refractivity (Wildman–Crippen MR) is 114 cm³/mol. The molecule has 0 fully saturated rings. The summed E-state index contributed by atoms with van der Waals surface area (Å²) in [5.41, 5.74) is 4.03. The summed E-state index contributed by atoms with van der Waals surface area (Å²) in [5.74, 6) is -0.838. The van der Waals surface area contributed by atoms with Crippen molar-refractivity contribution in [1.29, 1.82) is 5.26 Å². The first-order chi connectivity index (χ1) is 14.6. The zero-order valence-corrected chi connectivity index (χ0v) is 16.5. The molecule has 0 unspecified atom stereocenters. The van der Waals surface area contributed by atoms with Crippen LogP contribution < -0.4 is 4.90 Å². The molecule has 3 aromatic carbocycles. The van der Waals surface area contributed by atoms with Crippen LogP contribution in [0.15, 0.2) is 72.8 Å². The Kier molecular flexibility index (Phi) is 5.32. The summed E-state index contributed by atoms with van der Waals surface area (Å²) in [4.78, 5) is 27.5. The Bertz CT molecular complexity index is 1160. The summed E-state index contributed by atoms with van der Waals surface area (Å²) in [6.45, 7) is 2.17. The summed E-state index contributed by atoms with van der Waals surface area (Å²) in [5, 5.41) is 9.41. The van der Waals surface area contributed by atoms with Crippen molar-refractivity contribution in [3.8, 4) is 17.2 Å². The highest BCUT2D eigenvalue weighted by molar-refractivity contribution is 6.02. The third-order valence-electron chi connectivity index (χ3n) is 5.27. The molecule has 148 valence electrons. The zero-order valence-electron chi connectivity index (χ0n) is 16.5. The van der Waals surface area contributed by atoms with Crippen molar-refractivity contribution in [1.82, 2.24) is 0 Å². The van der Waals surface area contributed by atoms with Gasteiger partial charge in [0.15, 0.2) is 6.10 Å². The lowest BCUT2D eigenvalue weighted by atomic mass is 9.96. The van der Waals surface area contributed by atoms with Gasteiger partial charge in [0.1, 0.15) is 0 Å². The number of anilines is 1. The topological polar surface area (TPSA) is 70.4 Å². The van der Waals surface area contributed by atoms with Gasteiger partial charge in [-0.05, 0) is 42.7 Å². The largest absolute Gasteiger partial charge is 0.449 e. The molecule has 5 heteroatoms. The molecule has 4 rings (SSSR count). The van der Waals surface area contributed by atoms with Crippen molar-refractivity contribution < 1.29 is 14.3 Å². The molecule has 1 atom stereocenters. The van der Waals surface area contributed by atoms with Gasteiger partial charge >= 0.3 is 5.97 Å². The van der Waals surface area contributed by atoms with Crippen LogP contribution >= 0.6 is 0 Å². The molecule has 1 amide bonds. The number of benzene rings is 3. The lowest BCUT2D eigenvalue weighted by molar-refractivity contribution is -0.126. The van der Waals surface area contributed by atoms with E-state index in [9.17, 15) is 14.9 Å². The van der Waals surface area contributed by atoms with E-state index in [2.05, 4.69) is 6.07 Å². The van der Waals surface area contributed by atoms with E-state index in [-0.39, 0.29) is 5.91 Å². The van der Waals surface area contributed by atoms with Crippen LogP contribution in [0.25, 0.3) is 11.1 Å². The van der Waals surface area contributed by atoms with E-state index in [1.807, 2.05) is 30.3 Å². The van der Waals surface area contributed by atoms with E-state index in [1.165, 1.54) is 0 Å². The molecular weight excluding hydrogens is 376 g/mol. The normalized spacial score (nSPS) is 13.3. The summed E-state index contributed by atoms with van der Waals surface area (Å²) >= 11 is 0.